The Labute approximate surface area is 102 Å². The molecule has 17 heavy (non-hydrogen) atoms. The summed E-state index contributed by atoms with van der Waals surface area (Å²) in [6.07, 6.45) is 2.16. The van der Waals surface area contributed by atoms with Crippen LogP contribution in [0, 0.1) is 6.92 Å². The summed E-state index contributed by atoms with van der Waals surface area (Å²) < 4.78 is 1.26. The molecule has 0 bridgehead atoms. The van der Waals surface area contributed by atoms with Crippen LogP contribution in [0.3, 0.4) is 0 Å². The molecule has 0 aliphatic rings. The highest BCUT2D eigenvalue weighted by molar-refractivity contribution is 7.18. The number of aryl methyl sites for hydroxylation is 2. The maximum atomic E-state index is 12.2. The summed E-state index contributed by atoms with van der Waals surface area (Å²) in [5, 5.41) is 0.624. The summed E-state index contributed by atoms with van der Waals surface area (Å²) in [7, 11) is 0. The van der Waals surface area contributed by atoms with E-state index in [1.165, 1.54) is 22.2 Å². The van der Waals surface area contributed by atoms with Gasteiger partial charge in [-0.15, -0.1) is 11.3 Å². The smallest absolute Gasteiger partial charge is 0.262 e. The van der Waals surface area contributed by atoms with Crippen LogP contribution >= 0.6 is 11.3 Å². The van der Waals surface area contributed by atoms with E-state index in [1.807, 2.05) is 13.8 Å². The number of fused-ring (bicyclic) bond motifs is 1. The minimum absolute atomic E-state index is 0.125. The third-order valence-corrected chi connectivity index (χ3v) is 3.71. The molecular weight excluding hydrogens is 238 g/mol. The van der Waals surface area contributed by atoms with Crippen molar-refractivity contribution in [1.29, 1.82) is 0 Å². The summed E-state index contributed by atoms with van der Waals surface area (Å²) in [4.78, 5) is 29.1. The normalized spacial score (nSPS) is 10.9. The van der Waals surface area contributed by atoms with Gasteiger partial charge in [-0.05, 0) is 18.9 Å². The second kappa shape index (κ2) is 4.29. The summed E-state index contributed by atoms with van der Waals surface area (Å²) in [6.45, 7) is 3.85. The predicted molar refractivity (Wildman–Crippen MR) is 67.2 cm³/mol. The summed E-state index contributed by atoms with van der Waals surface area (Å²) >= 11 is 1.50. The first-order chi connectivity index (χ1) is 8.04. The lowest BCUT2D eigenvalue weighted by atomic mass is 10.1. The Morgan fingerprint density at radius 2 is 2.29 bits per heavy atom. The van der Waals surface area contributed by atoms with Gasteiger partial charge >= 0.3 is 0 Å². The molecule has 2 aromatic rings. The zero-order chi connectivity index (χ0) is 12.6. The molecule has 6 heteroatoms. The monoisotopic (exact) mass is 251 g/mol. The van der Waals surface area contributed by atoms with E-state index in [0.29, 0.717) is 5.39 Å². The number of hydrogen-bond donors (Lipinski definition) is 1. The lowest BCUT2D eigenvalue weighted by molar-refractivity contribution is -0.118. The van der Waals surface area contributed by atoms with E-state index in [2.05, 4.69) is 4.98 Å². The molecule has 0 aliphatic carbocycles. The number of nitrogens with zero attached hydrogens (tertiary/aromatic N) is 2. The van der Waals surface area contributed by atoms with E-state index in [9.17, 15) is 9.59 Å². The SMILES string of the molecule is CCc1c(C)sc2ncn(CC(N)=O)c(=O)c12. The summed E-state index contributed by atoms with van der Waals surface area (Å²) in [5.74, 6) is -0.543. The molecule has 0 aromatic carbocycles. The second-order valence-corrected chi connectivity index (χ2v) is 5.02. The van der Waals surface area contributed by atoms with Crippen LogP contribution < -0.4 is 11.3 Å². The van der Waals surface area contributed by atoms with Crippen LogP contribution in [0.2, 0.25) is 0 Å². The van der Waals surface area contributed by atoms with Crippen LogP contribution in [-0.4, -0.2) is 15.5 Å². The largest absolute Gasteiger partial charge is 0.368 e. The highest BCUT2D eigenvalue weighted by Gasteiger charge is 2.14. The molecule has 90 valence electrons. The zero-order valence-electron chi connectivity index (χ0n) is 9.69. The Bertz CT molecular complexity index is 642. The third-order valence-electron chi connectivity index (χ3n) is 2.66. The number of hydrogen-bond acceptors (Lipinski definition) is 4. The first-order valence-corrected chi connectivity index (χ1v) is 6.12. The molecule has 0 fully saturated rings. The molecule has 2 aromatic heterocycles. The highest BCUT2D eigenvalue weighted by atomic mass is 32.1. The van der Waals surface area contributed by atoms with Gasteiger partial charge in [0.15, 0.2) is 0 Å². The minimum atomic E-state index is -0.543. The maximum Gasteiger partial charge on any atom is 0.262 e. The Morgan fingerprint density at radius 1 is 1.59 bits per heavy atom. The number of rotatable bonds is 3. The van der Waals surface area contributed by atoms with Gasteiger partial charge in [-0.3, -0.25) is 14.2 Å². The van der Waals surface area contributed by atoms with E-state index in [1.54, 1.807) is 0 Å². The van der Waals surface area contributed by atoms with E-state index in [-0.39, 0.29) is 12.1 Å². The number of amides is 1. The maximum absolute atomic E-state index is 12.2. The third kappa shape index (κ3) is 1.95. The lowest BCUT2D eigenvalue weighted by Gasteiger charge is -2.02. The van der Waals surface area contributed by atoms with Crippen molar-refractivity contribution < 1.29 is 4.79 Å². The van der Waals surface area contributed by atoms with Gasteiger partial charge in [0.05, 0.1) is 11.7 Å². The van der Waals surface area contributed by atoms with Gasteiger partial charge in [0.25, 0.3) is 5.56 Å². The molecule has 2 heterocycles. The number of carbonyl (C=O) groups is 1. The van der Waals surface area contributed by atoms with Gasteiger partial charge < -0.3 is 5.73 Å². The molecule has 0 aliphatic heterocycles. The lowest BCUT2D eigenvalue weighted by Crippen LogP contribution is -2.28. The van der Waals surface area contributed by atoms with Gasteiger partial charge in [0.2, 0.25) is 5.91 Å². The average Bonchev–Trinajstić information content (AvgIpc) is 2.58. The van der Waals surface area contributed by atoms with Crippen molar-refractivity contribution in [2.24, 2.45) is 5.73 Å². The van der Waals surface area contributed by atoms with Gasteiger partial charge in [-0.1, -0.05) is 6.92 Å². The molecule has 5 nitrogen and oxygen atoms in total. The van der Waals surface area contributed by atoms with Crippen LogP contribution in [0.5, 0.6) is 0 Å². The molecular formula is C11H13N3O2S. The zero-order valence-corrected chi connectivity index (χ0v) is 10.5. The van der Waals surface area contributed by atoms with E-state index in [4.69, 9.17) is 5.73 Å². The number of aromatic nitrogens is 2. The van der Waals surface area contributed by atoms with Crippen LogP contribution in [0.1, 0.15) is 17.4 Å². The Morgan fingerprint density at radius 3 is 2.88 bits per heavy atom. The van der Waals surface area contributed by atoms with Crippen molar-refractivity contribution in [3.8, 4) is 0 Å². The van der Waals surface area contributed by atoms with E-state index in [0.717, 1.165) is 21.7 Å². The Hall–Kier alpha value is -1.69. The molecule has 1 amide bonds. The molecule has 2 rings (SSSR count). The first-order valence-electron chi connectivity index (χ1n) is 5.30. The Balaban J connectivity index is 2.73. The predicted octanol–water partition coefficient (Wildman–Crippen LogP) is 0.814. The van der Waals surface area contributed by atoms with Crippen molar-refractivity contribution >= 4 is 27.5 Å². The van der Waals surface area contributed by atoms with E-state index < -0.39 is 5.91 Å². The van der Waals surface area contributed by atoms with Crippen molar-refractivity contribution in [3.63, 3.8) is 0 Å². The fourth-order valence-electron chi connectivity index (χ4n) is 1.90. The summed E-state index contributed by atoms with van der Waals surface area (Å²) in [5.41, 5.74) is 5.92. The van der Waals surface area contributed by atoms with Crippen LogP contribution in [-0.2, 0) is 17.8 Å². The number of thiophene rings is 1. The fourth-order valence-corrected chi connectivity index (χ4v) is 2.97. The van der Waals surface area contributed by atoms with Crippen LogP contribution in [0.15, 0.2) is 11.1 Å². The number of primary amides is 1. The Kier molecular flexibility index (Phi) is 2.97. The molecule has 0 unspecified atom stereocenters. The van der Waals surface area contributed by atoms with Crippen molar-refractivity contribution in [2.45, 2.75) is 26.8 Å². The number of carbonyl (C=O) groups excluding carboxylic acids is 1. The standard InChI is InChI=1S/C11H13N3O2S/c1-3-7-6(2)17-10-9(7)11(16)14(5-13-10)4-8(12)15/h5H,3-4H2,1-2H3,(H2,12,15). The van der Waals surface area contributed by atoms with Crippen LogP contribution in [0.4, 0.5) is 0 Å². The number of nitrogens with two attached hydrogens (primary N) is 1. The van der Waals surface area contributed by atoms with Crippen molar-refractivity contribution in [1.82, 2.24) is 9.55 Å². The fraction of sp³-hybridized carbons (Fsp3) is 0.364. The summed E-state index contributed by atoms with van der Waals surface area (Å²) in [6, 6.07) is 0. The van der Waals surface area contributed by atoms with Gasteiger partial charge in [0.1, 0.15) is 11.4 Å². The quantitative estimate of drug-likeness (QED) is 0.877. The molecule has 0 spiro atoms. The van der Waals surface area contributed by atoms with Crippen molar-refractivity contribution in [3.05, 3.63) is 27.1 Å². The van der Waals surface area contributed by atoms with E-state index >= 15 is 0 Å². The molecule has 0 saturated carbocycles. The molecule has 0 radical (unpaired) electrons. The molecule has 0 atom stereocenters. The minimum Gasteiger partial charge on any atom is -0.368 e. The van der Waals surface area contributed by atoms with Crippen LogP contribution in [0.25, 0.3) is 10.2 Å². The van der Waals surface area contributed by atoms with Gasteiger partial charge in [0, 0.05) is 4.88 Å². The highest BCUT2D eigenvalue weighted by Crippen LogP contribution is 2.26. The molecule has 2 N–H and O–H groups in total. The second-order valence-electron chi connectivity index (χ2n) is 3.81. The topological polar surface area (TPSA) is 78.0 Å². The van der Waals surface area contributed by atoms with Gasteiger partial charge in [-0.2, -0.15) is 0 Å². The van der Waals surface area contributed by atoms with Gasteiger partial charge in [-0.25, -0.2) is 4.98 Å². The average molecular weight is 251 g/mol. The first kappa shape index (κ1) is 11.8. The molecule has 0 saturated heterocycles. The van der Waals surface area contributed by atoms with Crippen molar-refractivity contribution in [2.75, 3.05) is 0 Å².